The fraction of sp³-hybridized carbons (Fsp3) is 0.368. The summed E-state index contributed by atoms with van der Waals surface area (Å²) in [6, 6.07) is 8.72. The van der Waals surface area contributed by atoms with E-state index in [2.05, 4.69) is 0 Å². The van der Waals surface area contributed by atoms with Crippen molar-refractivity contribution in [3.8, 4) is 0 Å². The number of sulfone groups is 1. The van der Waals surface area contributed by atoms with E-state index in [1.807, 2.05) is 0 Å². The molecule has 0 heterocycles. The average molecular weight is 401 g/mol. The zero-order chi connectivity index (χ0) is 18.9. The van der Waals surface area contributed by atoms with Gasteiger partial charge in [0.15, 0.2) is 9.84 Å². The first-order chi connectivity index (χ1) is 12.3. The molecule has 0 atom stereocenters. The lowest BCUT2D eigenvalue weighted by molar-refractivity contribution is 0.0601. The Hall–Kier alpha value is -1.50. The van der Waals surface area contributed by atoms with Gasteiger partial charge < -0.3 is 4.74 Å². The normalized spacial score (nSPS) is 23.8. The highest BCUT2D eigenvalue weighted by Gasteiger charge is 2.50. The molecule has 1 saturated carbocycles. The standard InChI is InChI=1S/C19H19ClF2O3S/c1-25-15-8-10-19(11-9-15,17-12-14(21)4-7-18(17)22)26(23,24)16-5-2-13(20)3-6-16/h2-7,12,15H,8-11H2,1H3. The van der Waals surface area contributed by atoms with Crippen molar-refractivity contribution in [2.75, 3.05) is 7.11 Å². The zero-order valence-electron chi connectivity index (χ0n) is 14.2. The van der Waals surface area contributed by atoms with Crippen LogP contribution in [0, 0.1) is 11.6 Å². The first kappa shape index (κ1) is 19.3. The van der Waals surface area contributed by atoms with Crippen LogP contribution < -0.4 is 0 Å². The predicted molar refractivity (Wildman–Crippen MR) is 95.9 cm³/mol. The molecule has 3 rings (SSSR count). The van der Waals surface area contributed by atoms with Gasteiger partial charge in [-0.05, 0) is 68.1 Å². The van der Waals surface area contributed by atoms with Crippen molar-refractivity contribution >= 4 is 21.4 Å². The topological polar surface area (TPSA) is 43.4 Å². The molecule has 2 aromatic rings. The molecule has 3 nitrogen and oxygen atoms in total. The Bertz CT molecular complexity index is 890. The van der Waals surface area contributed by atoms with Gasteiger partial charge in [0.2, 0.25) is 0 Å². The molecule has 0 aliphatic heterocycles. The largest absolute Gasteiger partial charge is 0.381 e. The summed E-state index contributed by atoms with van der Waals surface area (Å²) in [4.78, 5) is 0.0430. The summed E-state index contributed by atoms with van der Waals surface area (Å²) in [5, 5.41) is 0.401. The fourth-order valence-electron chi connectivity index (χ4n) is 3.66. The van der Waals surface area contributed by atoms with E-state index in [4.69, 9.17) is 16.3 Å². The van der Waals surface area contributed by atoms with Crippen molar-refractivity contribution < 1.29 is 21.9 Å². The number of hydrogen-bond donors (Lipinski definition) is 0. The summed E-state index contributed by atoms with van der Waals surface area (Å²) < 4.78 is 59.3. The van der Waals surface area contributed by atoms with Crippen molar-refractivity contribution in [2.45, 2.75) is 41.4 Å². The van der Waals surface area contributed by atoms with Gasteiger partial charge in [0, 0.05) is 17.7 Å². The Morgan fingerprint density at radius 1 is 1.08 bits per heavy atom. The van der Waals surface area contributed by atoms with Crippen LogP contribution in [-0.4, -0.2) is 21.6 Å². The molecule has 7 heteroatoms. The number of halogens is 3. The lowest BCUT2D eigenvalue weighted by atomic mass is 9.81. The third-order valence-electron chi connectivity index (χ3n) is 5.13. The third-order valence-corrected chi connectivity index (χ3v) is 7.93. The van der Waals surface area contributed by atoms with E-state index in [0.717, 1.165) is 18.2 Å². The van der Waals surface area contributed by atoms with Crippen LogP contribution in [0.3, 0.4) is 0 Å². The van der Waals surface area contributed by atoms with E-state index in [-0.39, 0.29) is 29.4 Å². The summed E-state index contributed by atoms with van der Waals surface area (Å²) >= 11 is 5.86. The summed E-state index contributed by atoms with van der Waals surface area (Å²) in [5.41, 5.74) is -0.123. The Morgan fingerprint density at radius 2 is 1.69 bits per heavy atom. The molecular formula is C19H19ClF2O3S. The maximum Gasteiger partial charge on any atom is 0.188 e. The molecule has 26 heavy (non-hydrogen) atoms. The lowest BCUT2D eigenvalue weighted by Gasteiger charge is -2.39. The van der Waals surface area contributed by atoms with Crippen LogP contribution in [0.2, 0.25) is 5.02 Å². The first-order valence-corrected chi connectivity index (χ1v) is 10.1. The van der Waals surface area contributed by atoms with Gasteiger partial charge >= 0.3 is 0 Å². The number of rotatable bonds is 4. The SMILES string of the molecule is COC1CCC(c2cc(F)ccc2F)(S(=O)(=O)c2ccc(Cl)cc2)CC1. The second-order valence-electron chi connectivity index (χ2n) is 6.51. The Labute approximate surface area is 156 Å². The van der Waals surface area contributed by atoms with E-state index in [9.17, 15) is 17.2 Å². The molecule has 0 unspecified atom stereocenters. The minimum Gasteiger partial charge on any atom is -0.381 e. The molecule has 0 aromatic heterocycles. The second-order valence-corrected chi connectivity index (χ2v) is 9.21. The zero-order valence-corrected chi connectivity index (χ0v) is 15.8. The highest BCUT2D eigenvalue weighted by atomic mass is 35.5. The van der Waals surface area contributed by atoms with Crippen molar-refractivity contribution in [2.24, 2.45) is 0 Å². The van der Waals surface area contributed by atoms with Crippen LogP contribution in [-0.2, 0) is 19.3 Å². The minimum atomic E-state index is -3.99. The second kappa shape index (κ2) is 7.25. The maximum atomic E-state index is 14.6. The van der Waals surface area contributed by atoms with E-state index in [1.165, 1.54) is 24.3 Å². The Morgan fingerprint density at radius 3 is 2.27 bits per heavy atom. The van der Waals surface area contributed by atoms with Gasteiger partial charge in [-0.2, -0.15) is 0 Å². The summed E-state index contributed by atoms with van der Waals surface area (Å²) in [6.07, 6.45) is 1.09. The van der Waals surface area contributed by atoms with Crippen LogP contribution >= 0.6 is 11.6 Å². The number of methoxy groups -OCH3 is 1. The van der Waals surface area contributed by atoms with Crippen LogP contribution in [0.25, 0.3) is 0 Å². The van der Waals surface area contributed by atoms with Gasteiger partial charge in [-0.1, -0.05) is 11.6 Å². The highest BCUT2D eigenvalue weighted by Crippen LogP contribution is 2.48. The molecule has 0 bridgehead atoms. The van der Waals surface area contributed by atoms with E-state index in [0.29, 0.717) is 17.9 Å². The molecule has 2 aromatic carbocycles. The van der Waals surface area contributed by atoms with Gasteiger partial charge in [-0.15, -0.1) is 0 Å². The van der Waals surface area contributed by atoms with Crippen molar-refractivity contribution in [1.29, 1.82) is 0 Å². The monoisotopic (exact) mass is 400 g/mol. The molecular weight excluding hydrogens is 382 g/mol. The highest BCUT2D eigenvalue weighted by molar-refractivity contribution is 7.92. The van der Waals surface area contributed by atoms with Gasteiger partial charge in [0.1, 0.15) is 16.4 Å². The molecule has 0 N–H and O–H groups in total. The predicted octanol–water partition coefficient (Wildman–Crippen LogP) is 4.88. The van der Waals surface area contributed by atoms with Crippen molar-refractivity contribution in [3.63, 3.8) is 0 Å². The molecule has 1 fully saturated rings. The summed E-state index contributed by atoms with van der Waals surface area (Å²) in [6.45, 7) is 0. The Balaban J connectivity index is 2.18. The Kier molecular flexibility index (Phi) is 5.37. The van der Waals surface area contributed by atoms with Gasteiger partial charge in [0.25, 0.3) is 0 Å². The number of hydrogen-bond acceptors (Lipinski definition) is 3. The third kappa shape index (κ3) is 3.26. The first-order valence-electron chi connectivity index (χ1n) is 8.29. The quantitative estimate of drug-likeness (QED) is 0.734. The summed E-state index contributed by atoms with van der Waals surface area (Å²) in [5.74, 6) is -1.39. The van der Waals surface area contributed by atoms with E-state index in [1.54, 1.807) is 7.11 Å². The van der Waals surface area contributed by atoms with E-state index < -0.39 is 26.2 Å². The molecule has 0 saturated heterocycles. The van der Waals surface area contributed by atoms with E-state index >= 15 is 0 Å². The maximum absolute atomic E-state index is 14.6. The molecule has 140 valence electrons. The van der Waals surface area contributed by atoms with Crippen LogP contribution in [0.5, 0.6) is 0 Å². The van der Waals surface area contributed by atoms with Crippen LogP contribution in [0.15, 0.2) is 47.4 Å². The lowest BCUT2D eigenvalue weighted by Crippen LogP contribution is -2.42. The molecule has 0 spiro atoms. The molecule has 0 amide bonds. The summed E-state index contributed by atoms with van der Waals surface area (Å²) in [7, 11) is -2.42. The molecule has 0 radical (unpaired) electrons. The van der Waals surface area contributed by atoms with Crippen molar-refractivity contribution in [1.82, 2.24) is 0 Å². The smallest absolute Gasteiger partial charge is 0.188 e. The van der Waals surface area contributed by atoms with Crippen LogP contribution in [0.1, 0.15) is 31.2 Å². The fourth-order valence-corrected chi connectivity index (χ4v) is 5.95. The van der Waals surface area contributed by atoms with Crippen molar-refractivity contribution in [3.05, 3.63) is 64.7 Å². The average Bonchev–Trinajstić information content (AvgIpc) is 2.64. The van der Waals surface area contributed by atoms with Gasteiger partial charge in [-0.25, -0.2) is 17.2 Å². The van der Waals surface area contributed by atoms with Gasteiger partial charge in [-0.3, -0.25) is 0 Å². The van der Waals surface area contributed by atoms with Crippen LogP contribution in [0.4, 0.5) is 8.78 Å². The number of ether oxygens (including phenoxy) is 1. The van der Waals surface area contributed by atoms with Gasteiger partial charge in [0.05, 0.1) is 11.0 Å². The molecule has 1 aliphatic carbocycles. The number of benzene rings is 2. The minimum absolute atomic E-state index is 0.0430. The molecule has 1 aliphatic rings.